The molecular formula is C51H70F5NO9. The summed E-state index contributed by atoms with van der Waals surface area (Å²) in [6.07, 6.45) is 5.81. The summed E-state index contributed by atoms with van der Waals surface area (Å²) in [5.41, 5.74) is 1.14. The van der Waals surface area contributed by atoms with Crippen LogP contribution in [-0.2, 0) is 39.9 Å². The van der Waals surface area contributed by atoms with Crippen molar-refractivity contribution in [3.8, 4) is 5.75 Å². The normalized spacial score (nSPS) is 15.0. The largest absolute Gasteiger partial charge is 0.465 e. The summed E-state index contributed by atoms with van der Waals surface area (Å²) in [6.45, 7) is 28.4. The summed E-state index contributed by atoms with van der Waals surface area (Å²) >= 11 is 0. The van der Waals surface area contributed by atoms with Crippen LogP contribution in [0.2, 0.25) is 0 Å². The molecule has 10 nitrogen and oxygen atoms in total. The lowest BCUT2D eigenvalue weighted by molar-refractivity contribution is -0.155. The van der Waals surface area contributed by atoms with Crippen LogP contribution in [0.3, 0.4) is 0 Å². The molecule has 1 aliphatic heterocycles. The maximum Gasteiger partial charge on any atom is 0.340 e. The molecule has 0 aromatic heterocycles. The van der Waals surface area contributed by atoms with Gasteiger partial charge in [0.1, 0.15) is 12.4 Å². The minimum Gasteiger partial charge on any atom is -0.465 e. The van der Waals surface area contributed by atoms with Crippen molar-refractivity contribution in [3.05, 3.63) is 111 Å². The van der Waals surface area contributed by atoms with Crippen LogP contribution in [0, 0.1) is 47.0 Å². The Balaban J connectivity index is 0.000000450. The van der Waals surface area contributed by atoms with Gasteiger partial charge in [0.05, 0.1) is 29.1 Å². The lowest BCUT2D eigenvalue weighted by Crippen LogP contribution is -2.26. The smallest absolute Gasteiger partial charge is 0.340 e. The molecule has 0 radical (unpaired) electrons. The SMILES string of the molecule is CCC(C)(C)C(=O)OCc1c(F)c(F)c(F)c(F)c1F.CCC(C)c1ccc(C(=O)OC2CCCCO2)cc1.CCOC(C)Oc1ccc(C(C)CC)cc1.[C-]#[N+]CCOC(=O)C(C)CC. The van der Waals surface area contributed by atoms with E-state index >= 15 is 0 Å². The molecule has 0 N–H and O–H groups in total. The molecule has 5 unspecified atom stereocenters. The van der Waals surface area contributed by atoms with E-state index in [9.17, 15) is 36.3 Å². The minimum atomic E-state index is -2.25. The Kier molecular flexibility index (Phi) is 27.7. The Hall–Kier alpha value is -5.07. The van der Waals surface area contributed by atoms with Crippen molar-refractivity contribution >= 4 is 17.9 Å². The molecule has 1 saturated heterocycles. The van der Waals surface area contributed by atoms with E-state index in [1.54, 1.807) is 6.92 Å². The second-order valence-electron chi connectivity index (χ2n) is 16.4. The van der Waals surface area contributed by atoms with Crippen molar-refractivity contribution in [2.45, 2.75) is 152 Å². The number of rotatable bonds is 18. The molecule has 5 atom stereocenters. The van der Waals surface area contributed by atoms with Crippen LogP contribution in [0.5, 0.6) is 5.75 Å². The van der Waals surface area contributed by atoms with Crippen molar-refractivity contribution in [1.82, 2.24) is 0 Å². The molecule has 0 spiro atoms. The van der Waals surface area contributed by atoms with Crippen LogP contribution in [0.4, 0.5) is 22.0 Å². The molecule has 66 heavy (non-hydrogen) atoms. The van der Waals surface area contributed by atoms with Crippen LogP contribution in [0.1, 0.15) is 160 Å². The van der Waals surface area contributed by atoms with E-state index in [0.717, 1.165) is 44.3 Å². The van der Waals surface area contributed by atoms with E-state index in [1.165, 1.54) is 25.0 Å². The van der Waals surface area contributed by atoms with Gasteiger partial charge in [0, 0.05) is 13.0 Å². The van der Waals surface area contributed by atoms with Gasteiger partial charge in [-0.3, -0.25) is 9.59 Å². The highest BCUT2D eigenvalue weighted by atomic mass is 19.2. The van der Waals surface area contributed by atoms with E-state index in [4.69, 9.17) is 30.3 Å². The van der Waals surface area contributed by atoms with E-state index in [-0.39, 0.29) is 43.6 Å². The minimum absolute atomic E-state index is 0.0410. The van der Waals surface area contributed by atoms with Crippen molar-refractivity contribution in [3.63, 3.8) is 0 Å². The lowest BCUT2D eigenvalue weighted by atomic mass is 9.91. The van der Waals surface area contributed by atoms with Gasteiger partial charge >= 0.3 is 17.9 Å². The summed E-state index contributed by atoms with van der Waals surface area (Å²) in [5, 5.41) is 0. The first-order valence-electron chi connectivity index (χ1n) is 22.7. The summed E-state index contributed by atoms with van der Waals surface area (Å²) in [4.78, 5) is 37.6. The van der Waals surface area contributed by atoms with E-state index in [1.807, 2.05) is 64.1 Å². The molecule has 3 aromatic carbocycles. The number of esters is 3. The zero-order valence-electron chi connectivity index (χ0n) is 40.5. The number of carbonyl (C=O) groups excluding carboxylic acids is 3. The van der Waals surface area contributed by atoms with Gasteiger partial charge in [0.25, 0.3) is 0 Å². The van der Waals surface area contributed by atoms with E-state index in [2.05, 4.69) is 49.4 Å². The van der Waals surface area contributed by atoms with Gasteiger partial charge in [-0.05, 0) is 113 Å². The number of hydrogen-bond acceptors (Lipinski definition) is 9. The zero-order chi connectivity index (χ0) is 50.0. The Labute approximate surface area is 388 Å². The highest BCUT2D eigenvalue weighted by Gasteiger charge is 2.30. The first kappa shape index (κ1) is 58.9. The predicted molar refractivity (Wildman–Crippen MR) is 243 cm³/mol. The van der Waals surface area contributed by atoms with Gasteiger partial charge in [0.15, 0.2) is 36.2 Å². The van der Waals surface area contributed by atoms with Crippen LogP contribution in [0.15, 0.2) is 48.5 Å². The third-order valence-corrected chi connectivity index (χ3v) is 11.0. The van der Waals surface area contributed by atoms with Crippen LogP contribution in [-0.4, -0.2) is 56.9 Å². The summed E-state index contributed by atoms with van der Waals surface area (Å²) in [6, 6.07) is 16.0. The molecule has 0 aliphatic carbocycles. The third kappa shape index (κ3) is 20.2. The highest BCUT2D eigenvalue weighted by molar-refractivity contribution is 5.89. The fourth-order valence-corrected chi connectivity index (χ4v) is 5.50. The molecule has 0 bridgehead atoms. The predicted octanol–water partition coefficient (Wildman–Crippen LogP) is 13.2. The molecule has 0 saturated carbocycles. The van der Waals surface area contributed by atoms with Gasteiger partial charge < -0.3 is 33.3 Å². The number of benzene rings is 3. The van der Waals surface area contributed by atoms with Crippen molar-refractivity contribution < 1.29 is 64.8 Å². The van der Waals surface area contributed by atoms with Crippen LogP contribution >= 0.6 is 0 Å². The average Bonchev–Trinajstić information content (AvgIpc) is 3.33. The highest BCUT2D eigenvalue weighted by Crippen LogP contribution is 2.27. The van der Waals surface area contributed by atoms with Gasteiger partial charge in [-0.15, -0.1) is 0 Å². The fraction of sp³-hybridized carbons (Fsp3) is 0.569. The number of carbonyl (C=O) groups is 3. The number of halogens is 5. The maximum atomic E-state index is 13.3. The molecule has 4 rings (SSSR count). The molecule has 15 heteroatoms. The summed E-state index contributed by atoms with van der Waals surface area (Å²) < 4.78 is 96.4. The molecule has 1 fully saturated rings. The summed E-state index contributed by atoms with van der Waals surface area (Å²) in [7, 11) is 0. The quantitative estimate of drug-likeness (QED) is 0.0180. The van der Waals surface area contributed by atoms with Crippen LogP contribution < -0.4 is 4.74 Å². The van der Waals surface area contributed by atoms with Gasteiger partial charge in [-0.25, -0.2) is 33.3 Å². The number of nitrogens with zero attached hydrogens (tertiary/aromatic N) is 1. The van der Waals surface area contributed by atoms with Crippen molar-refractivity contribution in [1.29, 1.82) is 0 Å². The second kappa shape index (κ2) is 31.0. The molecule has 0 amide bonds. The Bertz CT molecular complexity index is 1920. The number of ether oxygens (including phenoxy) is 6. The Morgan fingerprint density at radius 3 is 1.74 bits per heavy atom. The standard InChI is InChI=1S/C16H22O3.C14H22O2.C13H13F5O2.C8H13NO2/c1-3-12(2)13-7-9-14(10-8-13)16(17)19-15-6-4-5-11-18-15;1-5-11(3)13-7-9-14(10-8-13)16-12(4)15-6-2;1-4-13(2,3)12(19)20-5-6-7(14)9(16)11(18)10(17)8(6)15;1-4-7(2)8(10)11-6-5-9-3/h7-10,12,15H,3-6,11H2,1-2H3;7-12H,5-6H2,1-4H3;4-5H2,1-3H3;7H,4-6H2,1-2H3. The van der Waals surface area contributed by atoms with Crippen molar-refractivity contribution in [2.75, 3.05) is 26.4 Å². The first-order valence-corrected chi connectivity index (χ1v) is 22.7. The average molecular weight is 936 g/mol. The monoisotopic (exact) mass is 935 g/mol. The second-order valence-corrected chi connectivity index (χ2v) is 16.4. The third-order valence-electron chi connectivity index (χ3n) is 11.0. The Morgan fingerprint density at radius 2 is 1.29 bits per heavy atom. The summed E-state index contributed by atoms with van der Waals surface area (Å²) in [5.74, 6) is -9.69. The topological polar surface area (TPSA) is 111 Å². The van der Waals surface area contributed by atoms with E-state index in [0.29, 0.717) is 37.0 Å². The van der Waals surface area contributed by atoms with Crippen LogP contribution in [0.25, 0.3) is 4.85 Å². The zero-order valence-corrected chi connectivity index (χ0v) is 40.5. The maximum absolute atomic E-state index is 13.3. The number of hydrogen-bond donors (Lipinski definition) is 0. The Morgan fingerprint density at radius 1 is 0.758 bits per heavy atom. The molecule has 1 heterocycles. The van der Waals surface area contributed by atoms with Crippen molar-refractivity contribution in [2.24, 2.45) is 11.3 Å². The lowest BCUT2D eigenvalue weighted by Gasteiger charge is -2.22. The van der Waals surface area contributed by atoms with Gasteiger partial charge in [-0.2, -0.15) is 0 Å². The van der Waals surface area contributed by atoms with Gasteiger partial charge in [-0.1, -0.05) is 72.7 Å². The first-order chi connectivity index (χ1) is 31.2. The molecule has 1 aliphatic rings. The molecule has 368 valence electrons. The molecule has 3 aromatic rings. The molecular weight excluding hydrogens is 866 g/mol. The van der Waals surface area contributed by atoms with E-state index < -0.39 is 52.6 Å². The fourth-order valence-electron chi connectivity index (χ4n) is 5.50. The van der Waals surface area contributed by atoms with Gasteiger partial charge in [0.2, 0.25) is 18.7 Å².